The van der Waals surface area contributed by atoms with Gasteiger partial charge in [0.15, 0.2) is 6.10 Å². The minimum absolute atomic E-state index is 0.118. The number of nitrogens with one attached hydrogen (secondary N) is 1. The highest BCUT2D eigenvalue weighted by atomic mass is 19.1. The Bertz CT molecular complexity index is 698. The van der Waals surface area contributed by atoms with E-state index in [9.17, 15) is 9.18 Å². The average molecular weight is 359 g/mol. The van der Waals surface area contributed by atoms with Crippen molar-refractivity contribution in [2.45, 2.75) is 39.3 Å². The zero-order valence-electron chi connectivity index (χ0n) is 15.7. The summed E-state index contributed by atoms with van der Waals surface area (Å²) in [5.74, 6) is 1.09. The first kappa shape index (κ1) is 19.8. The predicted octanol–water partition coefficient (Wildman–Crippen LogP) is 4.51. The first-order valence-corrected chi connectivity index (χ1v) is 8.75. The number of carbonyl (C=O) groups excluding carboxylic acids is 1. The molecule has 140 valence electrons. The lowest BCUT2D eigenvalue weighted by atomic mass is 9.96. The van der Waals surface area contributed by atoms with Crippen molar-refractivity contribution >= 4 is 5.91 Å². The van der Waals surface area contributed by atoms with Crippen molar-refractivity contribution in [2.75, 3.05) is 7.11 Å². The van der Waals surface area contributed by atoms with E-state index in [-0.39, 0.29) is 17.8 Å². The molecule has 0 heterocycles. The molecule has 2 rings (SSSR count). The summed E-state index contributed by atoms with van der Waals surface area (Å²) in [6.45, 7) is 5.90. The number of rotatable bonds is 8. The molecule has 2 atom stereocenters. The fourth-order valence-corrected chi connectivity index (χ4v) is 2.65. The lowest BCUT2D eigenvalue weighted by molar-refractivity contribution is -0.128. The number of hydrogen-bond donors (Lipinski definition) is 1. The summed E-state index contributed by atoms with van der Waals surface area (Å²) in [5, 5.41) is 3.05. The van der Waals surface area contributed by atoms with E-state index in [1.165, 1.54) is 24.3 Å². The first-order chi connectivity index (χ1) is 12.4. The fraction of sp³-hybridized carbons (Fsp3) is 0.381. The van der Waals surface area contributed by atoms with Crippen LogP contribution in [0, 0.1) is 11.7 Å². The average Bonchev–Trinajstić information content (AvgIpc) is 2.62. The third kappa shape index (κ3) is 5.76. The Kier molecular flexibility index (Phi) is 7.01. The van der Waals surface area contributed by atoms with Crippen LogP contribution in [0.15, 0.2) is 48.5 Å². The SMILES string of the molecule is COc1ccc([C@@H](CC(C)C)NC(=O)[C@H](C)Oc2ccc(F)cc2)cc1. The summed E-state index contributed by atoms with van der Waals surface area (Å²) in [5.41, 5.74) is 1.02. The molecular weight excluding hydrogens is 333 g/mol. The minimum Gasteiger partial charge on any atom is -0.497 e. The van der Waals surface area contributed by atoms with Crippen LogP contribution in [0.3, 0.4) is 0 Å². The van der Waals surface area contributed by atoms with E-state index in [4.69, 9.17) is 9.47 Å². The zero-order chi connectivity index (χ0) is 19.1. The van der Waals surface area contributed by atoms with Gasteiger partial charge in [-0.2, -0.15) is 0 Å². The summed E-state index contributed by atoms with van der Waals surface area (Å²) in [4.78, 5) is 12.6. The van der Waals surface area contributed by atoms with Crippen LogP contribution in [0.1, 0.15) is 38.8 Å². The van der Waals surface area contributed by atoms with Crippen LogP contribution in [-0.4, -0.2) is 19.1 Å². The Hall–Kier alpha value is -2.56. The van der Waals surface area contributed by atoms with Crippen molar-refractivity contribution in [2.24, 2.45) is 5.92 Å². The van der Waals surface area contributed by atoms with Crippen LogP contribution in [0.5, 0.6) is 11.5 Å². The maximum Gasteiger partial charge on any atom is 0.261 e. The van der Waals surface area contributed by atoms with Gasteiger partial charge in [-0.05, 0) is 61.2 Å². The lowest BCUT2D eigenvalue weighted by Gasteiger charge is -2.23. The molecule has 2 aromatic rings. The topological polar surface area (TPSA) is 47.6 Å². The maximum absolute atomic E-state index is 13.0. The van der Waals surface area contributed by atoms with E-state index in [0.717, 1.165) is 17.7 Å². The molecular formula is C21H26FNO3. The number of ether oxygens (including phenoxy) is 2. The van der Waals surface area contributed by atoms with Crippen LogP contribution in [-0.2, 0) is 4.79 Å². The van der Waals surface area contributed by atoms with Crippen molar-refractivity contribution in [1.29, 1.82) is 0 Å². The normalized spacial score (nSPS) is 13.2. The van der Waals surface area contributed by atoms with Gasteiger partial charge in [0.1, 0.15) is 17.3 Å². The molecule has 0 bridgehead atoms. The molecule has 0 aliphatic rings. The number of methoxy groups -OCH3 is 1. The second-order valence-electron chi connectivity index (χ2n) is 6.68. The molecule has 0 aliphatic carbocycles. The first-order valence-electron chi connectivity index (χ1n) is 8.75. The molecule has 5 heteroatoms. The number of halogens is 1. The van der Waals surface area contributed by atoms with Gasteiger partial charge in [-0.25, -0.2) is 4.39 Å². The lowest BCUT2D eigenvalue weighted by Crippen LogP contribution is -2.39. The molecule has 4 nitrogen and oxygen atoms in total. The molecule has 0 unspecified atom stereocenters. The molecule has 1 amide bonds. The van der Waals surface area contributed by atoms with Gasteiger partial charge in [0.05, 0.1) is 13.2 Å². The van der Waals surface area contributed by atoms with Crippen molar-refractivity contribution in [1.82, 2.24) is 5.32 Å². The van der Waals surface area contributed by atoms with Gasteiger partial charge in [-0.3, -0.25) is 4.79 Å². The number of carbonyl (C=O) groups is 1. The number of hydrogen-bond acceptors (Lipinski definition) is 3. The number of amides is 1. The van der Waals surface area contributed by atoms with Crippen molar-refractivity contribution in [3.8, 4) is 11.5 Å². The molecule has 0 spiro atoms. The van der Waals surface area contributed by atoms with Gasteiger partial charge in [-0.1, -0.05) is 26.0 Å². The molecule has 0 radical (unpaired) electrons. The second-order valence-corrected chi connectivity index (χ2v) is 6.68. The molecule has 0 aliphatic heterocycles. The van der Waals surface area contributed by atoms with Crippen LogP contribution < -0.4 is 14.8 Å². The van der Waals surface area contributed by atoms with Gasteiger partial charge in [0.2, 0.25) is 0 Å². The van der Waals surface area contributed by atoms with Crippen LogP contribution in [0.25, 0.3) is 0 Å². The Morgan fingerprint density at radius 1 is 1.00 bits per heavy atom. The van der Waals surface area contributed by atoms with E-state index in [1.807, 2.05) is 24.3 Å². The Balaban J connectivity index is 2.05. The summed E-state index contributed by atoms with van der Waals surface area (Å²) < 4.78 is 23.8. The van der Waals surface area contributed by atoms with E-state index in [1.54, 1.807) is 14.0 Å². The van der Waals surface area contributed by atoms with Crippen LogP contribution in [0.4, 0.5) is 4.39 Å². The number of benzene rings is 2. The molecule has 1 N–H and O–H groups in total. The molecule has 26 heavy (non-hydrogen) atoms. The Morgan fingerprint density at radius 2 is 1.58 bits per heavy atom. The highest BCUT2D eigenvalue weighted by Gasteiger charge is 2.21. The van der Waals surface area contributed by atoms with Crippen LogP contribution in [0.2, 0.25) is 0 Å². The monoisotopic (exact) mass is 359 g/mol. The summed E-state index contributed by atoms with van der Waals surface area (Å²) in [7, 11) is 1.62. The minimum atomic E-state index is -0.687. The standard InChI is InChI=1S/C21H26FNO3/c1-14(2)13-20(16-5-9-18(25-4)10-6-16)23-21(24)15(3)26-19-11-7-17(22)8-12-19/h5-12,14-15,20H,13H2,1-4H3,(H,23,24)/t15-,20+/m0/s1. The van der Waals surface area contributed by atoms with E-state index in [0.29, 0.717) is 11.7 Å². The van der Waals surface area contributed by atoms with E-state index in [2.05, 4.69) is 19.2 Å². The Morgan fingerprint density at radius 3 is 2.12 bits per heavy atom. The van der Waals surface area contributed by atoms with Gasteiger partial charge in [-0.15, -0.1) is 0 Å². The Labute approximate surface area is 154 Å². The third-order valence-corrected chi connectivity index (χ3v) is 4.04. The van der Waals surface area contributed by atoms with Gasteiger partial charge >= 0.3 is 0 Å². The van der Waals surface area contributed by atoms with Gasteiger partial charge < -0.3 is 14.8 Å². The largest absolute Gasteiger partial charge is 0.497 e. The summed E-state index contributed by atoms with van der Waals surface area (Å²) in [6.07, 6.45) is 0.120. The third-order valence-electron chi connectivity index (χ3n) is 4.04. The van der Waals surface area contributed by atoms with Crippen molar-refractivity contribution in [3.05, 3.63) is 59.9 Å². The smallest absolute Gasteiger partial charge is 0.261 e. The van der Waals surface area contributed by atoms with Crippen LogP contribution >= 0.6 is 0 Å². The molecule has 0 aromatic heterocycles. The van der Waals surface area contributed by atoms with Crippen molar-refractivity contribution in [3.63, 3.8) is 0 Å². The van der Waals surface area contributed by atoms with E-state index < -0.39 is 6.10 Å². The zero-order valence-corrected chi connectivity index (χ0v) is 15.7. The molecule has 0 saturated carbocycles. The summed E-state index contributed by atoms with van der Waals surface area (Å²) in [6, 6.07) is 13.2. The molecule has 0 fully saturated rings. The summed E-state index contributed by atoms with van der Waals surface area (Å²) >= 11 is 0. The highest BCUT2D eigenvalue weighted by molar-refractivity contribution is 5.81. The van der Waals surface area contributed by atoms with Gasteiger partial charge in [0, 0.05) is 0 Å². The molecule has 0 saturated heterocycles. The second kappa shape index (κ2) is 9.22. The quantitative estimate of drug-likeness (QED) is 0.755. The fourth-order valence-electron chi connectivity index (χ4n) is 2.65. The van der Waals surface area contributed by atoms with Crippen molar-refractivity contribution < 1.29 is 18.7 Å². The highest BCUT2D eigenvalue weighted by Crippen LogP contribution is 2.24. The predicted molar refractivity (Wildman–Crippen MR) is 99.8 cm³/mol. The maximum atomic E-state index is 13.0. The van der Waals surface area contributed by atoms with Gasteiger partial charge in [0.25, 0.3) is 5.91 Å². The molecule has 2 aromatic carbocycles. The van der Waals surface area contributed by atoms with E-state index >= 15 is 0 Å².